The van der Waals surface area contributed by atoms with Crippen LogP contribution in [0.2, 0.25) is 5.02 Å². The topological polar surface area (TPSA) is 89.8 Å². The molecule has 2 fully saturated rings. The van der Waals surface area contributed by atoms with Crippen molar-refractivity contribution in [1.82, 2.24) is 15.0 Å². The van der Waals surface area contributed by atoms with Crippen molar-refractivity contribution in [2.24, 2.45) is 5.10 Å². The van der Waals surface area contributed by atoms with E-state index in [1.807, 2.05) is 0 Å². The van der Waals surface area contributed by atoms with E-state index in [0.717, 1.165) is 51.9 Å². The Morgan fingerprint density at radius 3 is 2.07 bits per heavy atom. The molecule has 9 heteroatoms. The lowest BCUT2D eigenvalue weighted by Gasteiger charge is -2.30. The van der Waals surface area contributed by atoms with Crippen molar-refractivity contribution in [3.8, 4) is 5.75 Å². The van der Waals surface area contributed by atoms with Gasteiger partial charge < -0.3 is 14.9 Å². The summed E-state index contributed by atoms with van der Waals surface area (Å²) in [5, 5.41) is 14.7. The van der Waals surface area contributed by atoms with Crippen molar-refractivity contribution >= 4 is 35.7 Å². The second-order valence-corrected chi connectivity index (χ2v) is 7.86. The number of nitrogens with one attached hydrogen (secondary N) is 1. The average molecular weight is 416 g/mol. The summed E-state index contributed by atoms with van der Waals surface area (Å²) < 4.78 is 0. The molecule has 1 aromatic carbocycles. The molecule has 2 aromatic rings. The average Bonchev–Trinajstić information content (AvgIpc) is 2.77. The van der Waals surface area contributed by atoms with Gasteiger partial charge in [-0.15, -0.1) is 0 Å². The van der Waals surface area contributed by atoms with Gasteiger partial charge in [-0.1, -0.05) is 11.6 Å². The predicted molar refractivity (Wildman–Crippen MR) is 116 cm³/mol. The summed E-state index contributed by atoms with van der Waals surface area (Å²) in [6, 6.07) is 4.81. The van der Waals surface area contributed by atoms with E-state index < -0.39 is 0 Å². The fourth-order valence-corrected chi connectivity index (χ4v) is 3.84. The molecule has 8 nitrogen and oxygen atoms in total. The maximum absolute atomic E-state index is 9.93. The number of hydrazone groups is 1. The molecule has 0 saturated carbocycles. The number of anilines is 3. The van der Waals surface area contributed by atoms with Crippen molar-refractivity contribution in [3.05, 3.63) is 28.8 Å². The lowest BCUT2D eigenvalue weighted by molar-refractivity contribution is 0.474. The molecule has 0 amide bonds. The van der Waals surface area contributed by atoms with Crippen LogP contribution in [0.4, 0.5) is 17.8 Å². The van der Waals surface area contributed by atoms with E-state index in [4.69, 9.17) is 16.6 Å². The number of hydrogen-bond donors (Lipinski definition) is 2. The number of benzene rings is 1. The van der Waals surface area contributed by atoms with Gasteiger partial charge in [-0.3, -0.25) is 0 Å². The van der Waals surface area contributed by atoms with Gasteiger partial charge in [0.2, 0.25) is 17.8 Å². The van der Waals surface area contributed by atoms with Crippen LogP contribution >= 0.6 is 11.6 Å². The first kappa shape index (κ1) is 19.7. The molecule has 2 N–H and O–H groups in total. The Morgan fingerprint density at radius 2 is 1.48 bits per heavy atom. The molecule has 0 bridgehead atoms. The predicted octanol–water partition coefficient (Wildman–Crippen LogP) is 3.66. The highest BCUT2D eigenvalue weighted by molar-refractivity contribution is 6.30. The number of aromatic hydroxyl groups is 1. The van der Waals surface area contributed by atoms with Crippen LogP contribution < -0.4 is 15.2 Å². The SMILES string of the molecule is Oc1ccc(Cl)cc1C=NNc1nc(N2CCCCC2)nc(N2CCCCC2)n1. The van der Waals surface area contributed by atoms with Crippen LogP contribution in [-0.2, 0) is 0 Å². The van der Waals surface area contributed by atoms with Crippen LogP contribution in [0.25, 0.3) is 0 Å². The van der Waals surface area contributed by atoms with Gasteiger partial charge in [-0.25, -0.2) is 5.43 Å². The summed E-state index contributed by atoms with van der Waals surface area (Å²) in [5.74, 6) is 1.91. The smallest absolute Gasteiger partial charge is 0.250 e. The minimum absolute atomic E-state index is 0.110. The molecule has 0 aliphatic carbocycles. The second kappa shape index (κ2) is 9.26. The number of halogens is 1. The van der Waals surface area contributed by atoms with Gasteiger partial charge in [0, 0.05) is 36.8 Å². The summed E-state index contributed by atoms with van der Waals surface area (Å²) in [5.41, 5.74) is 3.42. The molecule has 0 unspecified atom stereocenters. The summed E-state index contributed by atoms with van der Waals surface area (Å²) in [7, 11) is 0. The fraction of sp³-hybridized carbons (Fsp3) is 0.500. The first-order valence-corrected chi connectivity index (χ1v) is 10.6. The minimum atomic E-state index is 0.110. The Bertz CT molecular complexity index is 828. The van der Waals surface area contributed by atoms with Crippen LogP contribution in [0.5, 0.6) is 5.75 Å². The second-order valence-electron chi connectivity index (χ2n) is 7.43. The number of rotatable bonds is 5. The Labute approximate surface area is 175 Å². The van der Waals surface area contributed by atoms with Gasteiger partial charge in [0.15, 0.2) is 0 Å². The maximum atomic E-state index is 9.93. The lowest BCUT2D eigenvalue weighted by atomic mass is 10.1. The first-order valence-electron chi connectivity index (χ1n) is 10.2. The van der Waals surface area contributed by atoms with Crippen molar-refractivity contribution in [1.29, 1.82) is 0 Å². The van der Waals surface area contributed by atoms with E-state index in [1.165, 1.54) is 25.1 Å². The maximum Gasteiger partial charge on any atom is 0.250 e. The van der Waals surface area contributed by atoms with Crippen molar-refractivity contribution in [2.75, 3.05) is 41.4 Å². The van der Waals surface area contributed by atoms with E-state index in [-0.39, 0.29) is 5.75 Å². The highest BCUT2D eigenvalue weighted by Gasteiger charge is 2.20. The monoisotopic (exact) mass is 415 g/mol. The number of aromatic nitrogens is 3. The Hall–Kier alpha value is -2.61. The van der Waals surface area contributed by atoms with E-state index in [0.29, 0.717) is 28.4 Å². The largest absolute Gasteiger partial charge is 0.507 e. The number of piperidine rings is 2. The number of hydrogen-bond acceptors (Lipinski definition) is 8. The summed E-state index contributed by atoms with van der Waals surface area (Å²) >= 11 is 5.99. The van der Waals surface area contributed by atoms with Gasteiger partial charge in [-0.2, -0.15) is 20.1 Å². The Balaban J connectivity index is 1.57. The van der Waals surface area contributed by atoms with Gasteiger partial charge in [-0.05, 0) is 56.7 Å². The number of phenolic OH excluding ortho intramolecular Hbond substituents is 1. The van der Waals surface area contributed by atoms with Crippen molar-refractivity contribution < 1.29 is 5.11 Å². The van der Waals surface area contributed by atoms with E-state index in [1.54, 1.807) is 12.1 Å². The summed E-state index contributed by atoms with van der Waals surface area (Å²) in [6.45, 7) is 3.84. The van der Waals surface area contributed by atoms with Crippen LogP contribution in [0.1, 0.15) is 44.1 Å². The van der Waals surface area contributed by atoms with E-state index in [9.17, 15) is 5.11 Å². The quantitative estimate of drug-likeness (QED) is 0.568. The molecule has 2 aliphatic heterocycles. The van der Waals surface area contributed by atoms with E-state index in [2.05, 4.69) is 30.3 Å². The zero-order chi connectivity index (χ0) is 20.1. The zero-order valence-electron chi connectivity index (χ0n) is 16.4. The highest BCUT2D eigenvalue weighted by atomic mass is 35.5. The third-order valence-electron chi connectivity index (χ3n) is 5.25. The molecule has 2 saturated heterocycles. The van der Waals surface area contributed by atoms with Gasteiger partial charge in [0.05, 0.1) is 6.21 Å². The third kappa shape index (κ3) is 5.06. The fourth-order valence-electron chi connectivity index (χ4n) is 3.66. The van der Waals surface area contributed by atoms with Crippen molar-refractivity contribution in [3.63, 3.8) is 0 Å². The molecule has 154 valence electrons. The molecule has 0 spiro atoms. The van der Waals surface area contributed by atoms with Crippen LogP contribution in [0.3, 0.4) is 0 Å². The summed E-state index contributed by atoms with van der Waals surface area (Å²) in [6.07, 6.45) is 8.61. The molecule has 0 radical (unpaired) electrons. The lowest BCUT2D eigenvalue weighted by Crippen LogP contribution is -2.34. The molecule has 29 heavy (non-hydrogen) atoms. The van der Waals surface area contributed by atoms with Crippen LogP contribution in [-0.4, -0.2) is 52.5 Å². The molecular weight excluding hydrogens is 390 g/mol. The minimum Gasteiger partial charge on any atom is -0.507 e. The molecule has 3 heterocycles. The molecule has 1 aromatic heterocycles. The Morgan fingerprint density at radius 1 is 0.897 bits per heavy atom. The number of nitrogens with zero attached hydrogens (tertiary/aromatic N) is 6. The molecule has 0 atom stereocenters. The summed E-state index contributed by atoms with van der Waals surface area (Å²) in [4.78, 5) is 18.4. The van der Waals surface area contributed by atoms with E-state index >= 15 is 0 Å². The van der Waals surface area contributed by atoms with Gasteiger partial charge in [0.25, 0.3) is 0 Å². The molecule has 2 aliphatic rings. The molecular formula is C20H26ClN7O. The van der Waals surface area contributed by atoms with Crippen molar-refractivity contribution in [2.45, 2.75) is 38.5 Å². The van der Waals surface area contributed by atoms with Crippen LogP contribution in [0.15, 0.2) is 23.3 Å². The highest BCUT2D eigenvalue weighted by Crippen LogP contribution is 2.23. The normalized spacial score (nSPS) is 17.7. The Kier molecular flexibility index (Phi) is 6.29. The zero-order valence-corrected chi connectivity index (χ0v) is 17.1. The van der Waals surface area contributed by atoms with Gasteiger partial charge >= 0.3 is 0 Å². The first-order chi connectivity index (χ1) is 14.2. The third-order valence-corrected chi connectivity index (χ3v) is 5.48. The van der Waals surface area contributed by atoms with Crippen LogP contribution in [0, 0.1) is 0 Å². The molecule has 4 rings (SSSR count). The number of phenols is 1. The standard InChI is InChI=1S/C20H26ClN7O/c21-16-7-8-17(29)15(13-16)14-22-26-18-23-19(27-9-3-1-4-10-27)25-20(24-18)28-11-5-2-6-12-28/h7-8,13-14,29H,1-6,9-12H2,(H,23,24,25,26). The van der Waals surface area contributed by atoms with Gasteiger partial charge in [0.1, 0.15) is 5.75 Å².